The molecule has 0 unspecified atom stereocenters. The molecule has 0 atom stereocenters. The van der Waals surface area contributed by atoms with Crippen molar-refractivity contribution in [3.8, 4) is 11.5 Å². The molecule has 0 aliphatic carbocycles. The third kappa shape index (κ3) is 5.07. The second kappa shape index (κ2) is 9.28. The van der Waals surface area contributed by atoms with Crippen LogP contribution in [-0.2, 0) is 16.1 Å². The van der Waals surface area contributed by atoms with Crippen molar-refractivity contribution in [3.05, 3.63) is 46.2 Å². The summed E-state index contributed by atoms with van der Waals surface area (Å²) in [6, 6.07) is 9.77. The second-order valence-electron chi connectivity index (χ2n) is 7.26. The van der Waals surface area contributed by atoms with Gasteiger partial charge in [-0.05, 0) is 61.0 Å². The second-order valence-corrected chi connectivity index (χ2v) is 8.24. The Morgan fingerprint density at radius 2 is 1.86 bits per heavy atom. The minimum atomic E-state index is -0.626. The van der Waals surface area contributed by atoms with E-state index in [1.165, 1.54) is 4.88 Å². The van der Waals surface area contributed by atoms with Gasteiger partial charge in [0.05, 0.1) is 0 Å². The van der Waals surface area contributed by atoms with Crippen molar-refractivity contribution < 1.29 is 19.1 Å². The van der Waals surface area contributed by atoms with E-state index >= 15 is 0 Å². The van der Waals surface area contributed by atoms with E-state index in [-0.39, 0.29) is 13.3 Å². The fraction of sp³-hybridized carbons (Fsp3) is 0.429. The number of thiophene rings is 1. The number of nitrogens with one attached hydrogen (secondary N) is 2. The van der Waals surface area contributed by atoms with Crippen LogP contribution in [0, 0.1) is 0 Å². The lowest BCUT2D eigenvalue weighted by Gasteiger charge is -2.31. The highest BCUT2D eigenvalue weighted by molar-refractivity contribution is 7.10. The average molecular weight is 416 g/mol. The summed E-state index contributed by atoms with van der Waals surface area (Å²) >= 11 is 1.83. The zero-order valence-corrected chi connectivity index (χ0v) is 17.0. The lowest BCUT2D eigenvalue weighted by molar-refractivity contribution is -0.139. The molecule has 0 radical (unpaired) electrons. The topological polar surface area (TPSA) is 79.9 Å². The third-order valence-electron chi connectivity index (χ3n) is 5.34. The molecule has 7 nitrogen and oxygen atoms in total. The minimum absolute atomic E-state index is 0.208. The van der Waals surface area contributed by atoms with Crippen LogP contribution in [0.3, 0.4) is 0 Å². The number of amides is 2. The molecule has 2 aliphatic heterocycles. The van der Waals surface area contributed by atoms with E-state index in [4.69, 9.17) is 9.47 Å². The van der Waals surface area contributed by atoms with Crippen molar-refractivity contribution in [2.75, 3.05) is 33.0 Å². The van der Waals surface area contributed by atoms with Crippen molar-refractivity contribution in [2.24, 2.45) is 0 Å². The number of hydrogen-bond donors (Lipinski definition) is 2. The molecule has 1 fully saturated rings. The van der Waals surface area contributed by atoms with Crippen molar-refractivity contribution in [3.63, 3.8) is 0 Å². The molecule has 154 valence electrons. The molecule has 0 bridgehead atoms. The summed E-state index contributed by atoms with van der Waals surface area (Å²) in [5.41, 5.74) is 0.851. The molecular formula is C21H25N3O4S. The van der Waals surface area contributed by atoms with E-state index in [9.17, 15) is 9.59 Å². The molecule has 0 saturated carbocycles. The third-order valence-corrected chi connectivity index (χ3v) is 6.38. The van der Waals surface area contributed by atoms with E-state index in [0.29, 0.717) is 24.0 Å². The number of ether oxygens (including phenoxy) is 2. The van der Waals surface area contributed by atoms with E-state index in [0.717, 1.165) is 38.0 Å². The Hall–Kier alpha value is -2.58. The molecule has 2 N–H and O–H groups in total. The number of benzene rings is 1. The monoisotopic (exact) mass is 415 g/mol. The van der Waals surface area contributed by atoms with Crippen LogP contribution in [0.15, 0.2) is 35.7 Å². The van der Waals surface area contributed by atoms with Gasteiger partial charge in [-0.15, -0.1) is 11.3 Å². The fourth-order valence-electron chi connectivity index (χ4n) is 3.69. The van der Waals surface area contributed by atoms with Crippen molar-refractivity contribution in [1.82, 2.24) is 15.5 Å². The predicted molar refractivity (Wildman–Crippen MR) is 110 cm³/mol. The number of hydrogen-bond acceptors (Lipinski definition) is 6. The first-order chi connectivity index (χ1) is 14.2. The maximum absolute atomic E-state index is 12.0. The molecule has 1 aromatic carbocycles. The van der Waals surface area contributed by atoms with Gasteiger partial charge in [0.2, 0.25) is 6.79 Å². The standard InChI is InChI=1S/C21H25N3O4S/c25-20(21(26)23-13-15-3-4-17-18(12-15)28-14-27-17)22-7-10-24-8-5-16(6-9-24)19-2-1-11-29-19/h1-4,11-12,16H,5-10,13-14H2,(H,22,25)(H,23,26). The molecule has 0 spiro atoms. The molecule has 29 heavy (non-hydrogen) atoms. The van der Waals surface area contributed by atoms with Gasteiger partial charge in [-0.3, -0.25) is 9.59 Å². The van der Waals surface area contributed by atoms with Crippen LogP contribution in [0.1, 0.15) is 29.2 Å². The summed E-state index contributed by atoms with van der Waals surface area (Å²) < 4.78 is 10.6. The molecule has 8 heteroatoms. The van der Waals surface area contributed by atoms with Crippen LogP contribution in [-0.4, -0.2) is 49.7 Å². The molecule has 2 aliphatic rings. The first-order valence-electron chi connectivity index (χ1n) is 9.89. The van der Waals surface area contributed by atoms with Crippen molar-refractivity contribution >= 4 is 23.2 Å². The van der Waals surface area contributed by atoms with Crippen LogP contribution in [0.25, 0.3) is 0 Å². The SMILES string of the molecule is O=C(NCCN1CCC(c2cccs2)CC1)C(=O)NCc1ccc2c(c1)OCO2. The number of piperidine rings is 1. The maximum Gasteiger partial charge on any atom is 0.309 e. The van der Waals surface area contributed by atoms with Gasteiger partial charge in [0.25, 0.3) is 0 Å². The van der Waals surface area contributed by atoms with Crippen molar-refractivity contribution in [2.45, 2.75) is 25.3 Å². The molecule has 1 saturated heterocycles. The summed E-state index contributed by atoms with van der Waals surface area (Å²) in [6.45, 7) is 3.75. The summed E-state index contributed by atoms with van der Waals surface area (Å²) in [6.07, 6.45) is 2.29. The number of nitrogens with zero attached hydrogens (tertiary/aromatic N) is 1. The molecular weight excluding hydrogens is 390 g/mol. The summed E-state index contributed by atoms with van der Waals surface area (Å²) in [4.78, 5) is 27.8. The quantitative estimate of drug-likeness (QED) is 0.707. The molecule has 2 amide bonds. The molecule has 2 aromatic rings. The van der Waals surface area contributed by atoms with Gasteiger partial charge in [-0.1, -0.05) is 12.1 Å². The number of fused-ring (bicyclic) bond motifs is 1. The molecule has 3 heterocycles. The van der Waals surface area contributed by atoms with E-state index < -0.39 is 11.8 Å². The number of carbonyl (C=O) groups excluding carboxylic acids is 2. The van der Waals surface area contributed by atoms with E-state index in [1.54, 1.807) is 12.1 Å². The molecule has 1 aromatic heterocycles. The highest BCUT2D eigenvalue weighted by Gasteiger charge is 2.21. The minimum Gasteiger partial charge on any atom is -0.454 e. The molecule has 4 rings (SSSR count). The first kappa shape index (κ1) is 19.7. The van der Waals surface area contributed by atoms with Gasteiger partial charge in [0.15, 0.2) is 11.5 Å². The zero-order chi connectivity index (χ0) is 20.1. The lowest BCUT2D eigenvalue weighted by atomic mass is 9.95. The largest absolute Gasteiger partial charge is 0.454 e. The summed E-state index contributed by atoms with van der Waals surface area (Å²) in [5, 5.41) is 7.48. The Bertz CT molecular complexity index is 848. The smallest absolute Gasteiger partial charge is 0.309 e. The van der Waals surface area contributed by atoms with Gasteiger partial charge in [0.1, 0.15) is 0 Å². The lowest BCUT2D eigenvalue weighted by Crippen LogP contribution is -2.44. The summed E-state index contributed by atoms with van der Waals surface area (Å²) in [5.74, 6) is 0.780. The van der Waals surface area contributed by atoms with E-state index in [2.05, 4.69) is 33.0 Å². The number of carbonyl (C=O) groups is 2. The highest BCUT2D eigenvalue weighted by atomic mass is 32.1. The Balaban J connectivity index is 1.13. The summed E-state index contributed by atoms with van der Waals surface area (Å²) in [7, 11) is 0. The van der Waals surface area contributed by atoms with Crippen LogP contribution < -0.4 is 20.1 Å². The van der Waals surface area contributed by atoms with Crippen LogP contribution in [0.2, 0.25) is 0 Å². The number of likely N-dealkylation sites (tertiary alicyclic amines) is 1. The first-order valence-corrected chi connectivity index (χ1v) is 10.8. The van der Waals surface area contributed by atoms with Gasteiger partial charge < -0.3 is 25.0 Å². The average Bonchev–Trinajstić information content (AvgIpc) is 3.44. The van der Waals surface area contributed by atoms with Gasteiger partial charge in [0, 0.05) is 24.5 Å². The van der Waals surface area contributed by atoms with Crippen LogP contribution in [0.5, 0.6) is 11.5 Å². The Morgan fingerprint density at radius 3 is 2.66 bits per heavy atom. The highest BCUT2D eigenvalue weighted by Crippen LogP contribution is 2.32. The Morgan fingerprint density at radius 1 is 1.07 bits per heavy atom. The normalized spacial score (nSPS) is 16.6. The van der Waals surface area contributed by atoms with Crippen LogP contribution >= 0.6 is 11.3 Å². The van der Waals surface area contributed by atoms with Gasteiger partial charge in [-0.2, -0.15) is 0 Å². The number of rotatable bonds is 6. The Labute approximate surface area is 174 Å². The predicted octanol–water partition coefficient (Wildman–Crippen LogP) is 2.09. The Kier molecular flexibility index (Phi) is 6.31. The van der Waals surface area contributed by atoms with Crippen LogP contribution in [0.4, 0.5) is 0 Å². The van der Waals surface area contributed by atoms with Crippen molar-refractivity contribution in [1.29, 1.82) is 0 Å². The van der Waals surface area contributed by atoms with Gasteiger partial charge >= 0.3 is 11.8 Å². The zero-order valence-electron chi connectivity index (χ0n) is 16.2. The fourth-order valence-corrected chi connectivity index (χ4v) is 4.59. The van der Waals surface area contributed by atoms with Gasteiger partial charge in [-0.25, -0.2) is 0 Å². The maximum atomic E-state index is 12.0. The van der Waals surface area contributed by atoms with E-state index in [1.807, 2.05) is 17.4 Å².